The van der Waals surface area contributed by atoms with E-state index in [9.17, 15) is 14.0 Å². The molecule has 0 aliphatic heterocycles. The Kier molecular flexibility index (Phi) is 6.54. The van der Waals surface area contributed by atoms with Gasteiger partial charge in [0, 0.05) is 17.6 Å². The number of carbonyl (C=O) groups excluding carboxylic acids is 1. The zero-order valence-electron chi connectivity index (χ0n) is 18.7. The van der Waals surface area contributed by atoms with Gasteiger partial charge in [-0.25, -0.2) is 9.18 Å². The van der Waals surface area contributed by atoms with Crippen LogP contribution in [0.4, 0.5) is 14.9 Å². The van der Waals surface area contributed by atoms with Crippen molar-refractivity contribution >= 4 is 22.6 Å². The first kappa shape index (κ1) is 22.3. The number of pyridine rings is 1. The molecule has 0 aliphatic carbocycles. The molecule has 4 aromatic rings. The Morgan fingerprint density at radius 2 is 1.70 bits per heavy atom. The molecule has 3 aromatic carbocycles. The van der Waals surface area contributed by atoms with Crippen LogP contribution in [0.15, 0.2) is 77.6 Å². The molecule has 5 nitrogen and oxygen atoms in total. The van der Waals surface area contributed by atoms with E-state index in [0.717, 1.165) is 34.0 Å². The van der Waals surface area contributed by atoms with E-state index in [1.54, 1.807) is 12.1 Å². The van der Waals surface area contributed by atoms with Crippen molar-refractivity contribution < 1.29 is 9.18 Å². The molecule has 6 heteroatoms. The van der Waals surface area contributed by atoms with Crippen molar-refractivity contribution in [2.45, 2.75) is 33.4 Å². The van der Waals surface area contributed by atoms with Crippen LogP contribution in [-0.4, -0.2) is 15.9 Å². The van der Waals surface area contributed by atoms with Gasteiger partial charge < -0.3 is 15.2 Å². The quantitative estimate of drug-likeness (QED) is 0.397. The van der Waals surface area contributed by atoms with Crippen LogP contribution in [0.3, 0.4) is 0 Å². The third kappa shape index (κ3) is 5.29. The molecule has 0 saturated heterocycles. The SMILES string of the molecule is CCc1ccc2[nH]c(=O)c(CN(Cc3ccc(C)cc3)C(=O)Nc3ccccc3F)cc2c1. The first-order valence-electron chi connectivity index (χ1n) is 10.9. The number of anilines is 1. The molecule has 0 saturated carbocycles. The van der Waals surface area contributed by atoms with E-state index in [0.29, 0.717) is 5.56 Å². The van der Waals surface area contributed by atoms with E-state index in [4.69, 9.17) is 0 Å². The van der Waals surface area contributed by atoms with E-state index in [1.807, 2.05) is 55.5 Å². The molecule has 0 atom stereocenters. The minimum atomic E-state index is -0.517. The highest BCUT2D eigenvalue weighted by Gasteiger charge is 2.18. The molecule has 2 N–H and O–H groups in total. The predicted octanol–water partition coefficient (Wildman–Crippen LogP) is 5.77. The number of hydrogen-bond acceptors (Lipinski definition) is 2. The van der Waals surface area contributed by atoms with Crippen molar-refractivity contribution in [1.29, 1.82) is 0 Å². The van der Waals surface area contributed by atoms with Gasteiger partial charge in [0.05, 0.1) is 12.2 Å². The monoisotopic (exact) mass is 443 g/mol. The van der Waals surface area contributed by atoms with Crippen molar-refractivity contribution in [3.63, 3.8) is 0 Å². The van der Waals surface area contributed by atoms with Crippen LogP contribution in [0.2, 0.25) is 0 Å². The van der Waals surface area contributed by atoms with Gasteiger partial charge in [0.2, 0.25) is 0 Å². The van der Waals surface area contributed by atoms with Crippen molar-refractivity contribution in [2.75, 3.05) is 5.32 Å². The summed E-state index contributed by atoms with van der Waals surface area (Å²) in [7, 11) is 0. The van der Waals surface area contributed by atoms with Crippen LogP contribution >= 0.6 is 0 Å². The highest BCUT2D eigenvalue weighted by molar-refractivity contribution is 5.89. The number of amides is 2. The molecule has 0 fully saturated rings. The third-order valence-corrected chi connectivity index (χ3v) is 5.65. The second kappa shape index (κ2) is 9.69. The number of aromatic amines is 1. The molecule has 1 aromatic heterocycles. The van der Waals surface area contributed by atoms with Crippen LogP contribution in [0.5, 0.6) is 0 Å². The average Bonchev–Trinajstić information content (AvgIpc) is 2.81. The number of nitrogens with zero attached hydrogens (tertiary/aromatic N) is 1. The Bertz CT molecular complexity index is 1350. The Morgan fingerprint density at radius 3 is 2.42 bits per heavy atom. The van der Waals surface area contributed by atoms with Gasteiger partial charge in [-0.2, -0.15) is 0 Å². The Morgan fingerprint density at radius 1 is 0.970 bits per heavy atom. The zero-order valence-corrected chi connectivity index (χ0v) is 18.7. The molecular formula is C27H26FN3O2. The van der Waals surface area contributed by atoms with Gasteiger partial charge in [0.15, 0.2) is 0 Å². The summed E-state index contributed by atoms with van der Waals surface area (Å²) in [5, 5.41) is 3.55. The number of fused-ring (bicyclic) bond motifs is 1. The van der Waals surface area contributed by atoms with Gasteiger partial charge in [-0.05, 0) is 60.2 Å². The number of aryl methyl sites for hydroxylation is 2. The fourth-order valence-electron chi connectivity index (χ4n) is 3.71. The summed E-state index contributed by atoms with van der Waals surface area (Å²) in [5.74, 6) is -0.517. The molecule has 0 bridgehead atoms. The molecule has 0 spiro atoms. The smallest absolute Gasteiger partial charge is 0.322 e. The van der Waals surface area contributed by atoms with Crippen molar-refractivity contribution in [1.82, 2.24) is 9.88 Å². The summed E-state index contributed by atoms with van der Waals surface area (Å²) in [6.07, 6.45) is 0.884. The number of carbonyl (C=O) groups is 1. The number of aromatic nitrogens is 1. The minimum absolute atomic E-state index is 0.0792. The van der Waals surface area contributed by atoms with Gasteiger partial charge >= 0.3 is 6.03 Å². The van der Waals surface area contributed by atoms with E-state index < -0.39 is 11.8 Å². The van der Waals surface area contributed by atoms with Crippen molar-refractivity contribution in [3.05, 3.63) is 111 Å². The van der Waals surface area contributed by atoms with Crippen molar-refractivity contribution in [2.24, 2.45) is 0 Å². The Balaban J connectivity index is 1.67. The maximum absolute atomic E-state index is 14.1. The largest absolute Gasteiger partial charge is 0.322 e. The molecule has 1 heterocycles. The molecule has 168 valence electrons. The standard InChI is InChI=1S/C27H26FN3O2/c1-3-19-12-13-24-21(14-19)15-22(26(32)29-24)17-31(16-20-10-8-18(2)9-11-20)27(33)30-25-7-5-4-6-23(25)28/h4-15H,3,16-17H2,1-2H3,(H,29,32)(H,30,33). The lowest BCUT2D eigenvalue weighted by Gasteiger charge is -2.23. The average molecular weight is 444 g/mol. The number of benzene rings is 3. The number of para-hydroxylation sites is 1. The summed E-state index contributed by atoms with van der Waals surface area (Å²) < 4.78 is 14.1. The van der Waals surface area contributed by atoms with E-state index in [-0.39, 0.29) is 24.3 Å². The molecule has 2 amide bonds. The summed E-state index contributed by atoms with van der Waals surface area (Å²) >= 11 is 0. The first-order valence-corrected chi connectivity index (χ1v) is 10.9. The van der Waals surface area contributed by atoms with Gasteiger partial charge in [-0.15, -0.1) is 0 Å². The normalized spacial score (nSPS) is 10.9. The van der Waals surface area contributed by atoms with Crippen LogP contribution < -0.4 is 10.9 Å². The fourth-order valence-corrected chi connectivity index (χ4v) is 3.71. The molecule has 0 unspecified atom stereocenters. The number of H-pyrrole nitrogens is 1. The summed E-state index contributed by atoms with van der Waals surface area (Å²) in [5.41, 5.74) is 4.24. The molecule has 0 aliphatic rings. The number of nitrogens with one attached hydrogen (secondary N) is 2. The maximum atomic E-state index is 14.1. The summed E-state index contributed by atoms with van der Waals surface area (Å²) in [6.45, 7) is 4.42. The fraction of sp³-hybridized carbons (Fsp3) is 0.185. The topological polar surface area (TPSA) is 65.2 Å². The van der Waals surface area contributed by atoms with E-state index in [2.05, 4.69) is 17.2 Å². The van der Waals surface area contributed by atoms with Gasteiger partial charge in [0.25, 0.3) is 5.56 Å². The Hall–Kier alpha value is -3.93. The lowest BCUT2D eigenvalue weighted by molar-refractivity contribution is 0.206. The summed E-state index contributed by atoms with van der Waals surface area (Å²) in [4.78, 5) is 30.4. The molecule has 4 rings (SSSR count). The van der Waals surface area contributed by atoms with Gasteiger partial charge in [-0.3, -0.25) is 4.79 Å². The third-order valence-electron chi connectivity index (χ3n) is 5.65. The molecule has 0 radical (unpaired) electrons. The number of rotatable bonds is 6. The van der Waals surface area contributed by atoms with Crippen molar-refractivity contribution in [3.8, 4) is 0 Å². The van der Waals surface area contributed by atoms with Crippen LogP contribution in [0.1, 0.15) is 29.2 Å². The lowest BCUT2D eigenvalue weighted by Crippen LogP contribution is -2.36. The predicted molar refractivity (Wildman–Crippen MR) is 130 cm³/mol. The zero-order chi connectivity index (χ0) is 23.4. The van der Waals surface area contributed by atoms with Gasteiger partial charge in [0.1, 0.15) is 5.82 Å². The van der Waals surface area contributed by atoms with E-state index in [1.165, 1.54) is 17.0 Å². The second-order valence-electron chi connectivity index (χ2n) is 8.15. The number of hydrogen-bond donors (Lipinski definition) is 2. The second-order valence-corrected chi connectivity index (χ2v) is 8.15. The highest BCUT2D eigenvalue weighted by atomic mass is 19.1. The maximum Gasteiger partial charge on any atom is 0.322 e. The Labute approximate surface area is 191 Å². The van der Waals surface area contributed by atoms with Crippen LogP contribution in [0, 0.1) is 12.7 Å². The lowest BCUT2D eigenvalue weighted by atomic mass is 10.1. The number of urea groups is 1. The number of halogens is 1. The first-order chi connectivity index (χ1) is 15.9. The summed E-state index contributed by atoms with van der Waals surface area (Å²) in [6, 6.07) is 21.1. The van der Waals surface area contributed by atoms with Gasteiger partial charge in [-0.1, -0.05) is 55.0 Å². The highest BCUT2D eigenvalue weighted by Crippen LogP contribution is 2.18. The van der Waals surface area contributed by atoms with E-state index >= 15 is 0 Å². The van der Waals surface area contributed by atoms with Crippen LogP contribution in [-0.2, 0) is 19.5 Å². The minimum Gasteiger partial charge on any atom is -0.322 e. The van der Waals surface area contributed by atoms with Crippen LogP contribution in [0.25, 0.3) is 10.9 Å². The molecule has 33 heavy (non-hydrogen) atoms. The molecular weight excluding hydrogens is 417 g/mol.